The highest BCUT2D eigenvalue weighted by molar-refractivity contribution is 6.36. The van der Waals surface area contributed by atoms with Crippen LogP contribution in [0.25, 0.3) is 5.52 Å². The highest BCUT2D eigenvalue weighted by Gasteiger charge is 2.30. The normalized spacial score (nSPS) is 16.4. The van der Waals surface area contributed by atoms with Crippen molar-refractivity contribution in [2.75, 3.05) is 30.8 Å². The molecule has 3 heterocycles. The van der Waals surface area contributed by atoms with E-state index in [1.54, 1.807) is 13.3 Å². The quantitative estimate of drug-likeness (QED) is 0.631. The van der Waals surface area contributed by atoms with Gasteiger partial charge in [0.1, 0.15) is 11.3 Å². The van der Waals surface area contributed by atoms with Crippen LogP contribution < -0.4 is 16.2 Å². The largest absolute Gasteiger partial charge is 0.382 e. The summed E-state index contributed by atoms with van der Waals surface area (Å²) in [5, 5.41) is 0. The summed E-state index contributed by atoms with van der Waals surface area (Å²) in [7, 11) is 3.68. The van der Waals surface area contributed by atoms with Crippen molar-refractivity contribution in [2.24, 2.45) is 0 Å². The topological polar surface area (TPSA) is 68.7 Å². The second-order valence-corrected chi connectivity index (χ2v) is 4.29. The van der Waals surface area contributed by atoms with Crippen molar-refractivity contribution in [3.63, 3.8) is 0 Å². The number of imidazole rings is 1. The Morgan fingerprint density at radius 3 is 3.00 bits per heavy atom. The molecule has 0 radical (unpaired) electrons. The fourth-order valence-corrected chi connectivity index (χ4v) is 2.20. The van der Waals surface area contributed by atoms with Gasteiger partial charge >= 0.3 is 0 Å². The maximum Gasteiger partial charge on any atom is 0.209 e. The number of rotatable bonds is 2. The van der Waals surface area contributed by atoms with E-state index in [-0.39, 0.29) is 0 Å². The molecule has 2 aromatic rings. The SMILES string of the molecule is Bc1nc(N2CC(OC)C2)n2ccnc(N)c12. The summed E-state index contributed by atoms with van der Waals surface area (Å²) < 4.78 is 7.25. The van der Waals surface area contributed by atoms with Crippen molar-refractivity contribution in [3.8, 4) is 0 Å². The predicted molar refractivity (Wildman–Crippen MR) is 68.6 cm³/mol. The molecule has 0 aromatic carbocycles. The monoisotopic (exact) mass is 231 g/mol. The van der Waals surface area contributed by atoms with E-state index in [1.165, 1.54) is 0 Å². The average molecular weight is 231 g/mol. The molecule has 1 saturated heterocycles. The van der Waals surface area contributed by atoms with Gasteiger partial charge in [0.2, 0.25) is 5.95 Å². The molecule has 0 spiro atoms. The Kier molecular flexibility index (Phi) is 2.22. The number of aromatic nitrogens is 3. The number of hydrogen-bond donors (Lipinski definition) is 1. The first kappa shape index (κ1) is 10.4. The molecule has 17 heavy (non-hydrogen) atoms. The molecule has 1 aliphatic heterocycles. The first-order chi connectivity index (χ1) is 8.20. The number of anilines is 2. The fraction of sp³-hybridized carbons (Fsp3) is 0.400. The summed E-state index contributed by atoms with van der Waals surface area (Å²) >= 11 is 0. The van der Waals surface area contributed by atoms with Gasteiger partial charge in [0.15, 0.2) is 7.85 Å². The molecule has 0 aliphatic carbocycles. The van der Waals surface area contributed by atoms with E-state index < -0.39 is 0 Å². The minimum Gasteiger partial charge on any atom is -0.382 e. The minimum absolute atomic E-state index is 0.307. The van der Waals surface area contributed by atoms with Gasteiger partial charge in [0.25, 0.3) is 0 Å². The van der Waals surface area contributed by atoms with Crippen LogP contribution in [0, 0.1) is 0 Å². The van der Waals surface area contributed by atoms with Crippen LogP contribution in [0.15, 0.2) is 12.4 Å². The number of ether oxygens (including phenoxy) is 1. The van der Waals surface area contributed by atoms with Crippen LogP contribution in [0.1, 0.15) is 0 Å². The van der Waals surface area contributed by atoms with E-state index in [4.69, 9.17) is 10.5 Å². The van der Waals surface area contributed by atoms with E-state index >= 15 is 0 Å². The molecular weight excluding hydrogens is 217 g/mol. The second-order valence-electron chi connectivity index (χ2n) is 4.29. The highest BCUT2D eigenvalue weighted by atomic mass is 16.5. The maximum atomic E-state index is 5.87. The Morgan fingerprint density at radius 1 is 1.53 bits per heavy atom. The molecule has 88 valence electrons. The van der Waals surface area contributed by atoms with Gasteiger partial charge < -0.3 is 15.4 Å². The van der Waals surface area contributed by atoms with E-state index in [1.807, 2.05) is 18.4 Å². The molecule has 0 unspecified atom stereocenters. The predicted octanol–water partition coefficient (Wildman–Crippen LogP) is -1.60. The van der Waals surface area contributed by atoms with Crippen LogP contribution in [0.3, 0.4) is 0 Å². The number of fused-ring (bicyclic) bond motifs is 1. The molecule has 0 atom stereocenters. The zero-order valence-corrected chi connectivity index (χ0v) is 9.92. The van der Waals surface area contributed by atoms with Gasteiger partial charge in [-0.3, -0.25) is 4.40 Å². The molecule has 0 saturated carbocycles. The van der Waals surface area contributed by atoms with Crippen LogP contribution in [0.4, 0.5) is 11.8 Å². The molecule has 0 amide bonds. The molecule has 2 N–H and O–H groups in total. The van der Waals surface area contributed by atoms with Gasteiger partial charge in [-0.2, -0.15) is 0 Å². The number of hydrogen-bond acceptors (Lipinski definition) is 5. The first-order valence-electron chi connectivity index (χ1n) is 5.57. The molecule has 6 nitrogen and oxygen atoms in total. The van der Waals surface area contributed by atoms with Gasteiger partial charge in [-0.05, 0) is 0 Å². The summed E-state index contributed by atoms with van der Waals surface area (Å²) in [6.45, 7) is 1.74. The van der Waals surface area contributed by atoms with Crippen molar-refractivity contribution in [1.82, 2.24) is 14.4 Å². The lowest BCUT2D eigenvalue weighted by Crippen LogP contribution is -2.52. The van der Waals surface area contributed by atoms with Crippen molar-refractivity contribution >= 4 is 30.7 Å². The number of nitrogens with zero attached hydrogens (tertiary/aromatic N) is 4. The molecular formula is C10H14BN5O. The lowest BCUT2D eigenvalue weighted by atomic mass is 10.0. The molecule has 2 aromatic heterocycles. The van der Waals surface area contributed by atoms with Crippen molar-refractivity contribution in [1.29, 1.82) is 0 Å². The van der Waals surface area contributed by atoms with Crippen LogP contribution in [0.2, 0.25) is 0 Å². The summed E-state index contributed by atoms with van der Waals surface area (Å²) in [4.78, 5) is 10.8. The molecule has 1 aliphatic rings. The third kappa shape index (κ3) is 1.46. The van der Waals surface area contributed by atoms with E-state index in [9.17, 15) is 0 Å². The van der Waals surface area contributed by atoms with Crippen LogP contribution >= 0.6 is 0 Å². The van der Waals surface area contributed by atoms with Gasteiger partial charge in [0, 0.05) is 38.2 Å². The summed E-state index contributed by atoms with van der Waals surface area (Å²) in [5.74, 6) is 1.44. The van der Waals surface area contributed by atoms with E-state index in [2.05, 4.69) is 14.9 Å². The molecule has 1 fully saturated rings. The average Bonchev–Trinajstić information content (AvgIpc) is 2.56. The number of methoxy groups -OCH3 is 1. The Balaban J connectivity index is 2.04. The highest BCUT2D eigenvalue weighted by Crippen LogP contribution is 2.22. The van der Waals surface area contributed by atoms with Crippen molar-refractivity contribution in [2.45, 2.75) is 6.10 Å². The van der Waals surface area contributed by atoms with E-state index in [0.29, 0.717) is 11.9 Å². The van der Waals surface area contributed by atoms with Crippen molar-refractivity contribution < 1.29 is 4.74 Å². The molecule has 7 heteroatoms. The van der Waals surface area contributed by atoms with Gasteiger partial charge in [-0.25, -0.2) is 9.97 Å². The second kappa shape index (κ2) is 3.63. The summed E-state index contributed by atoms with van der Waals surface area (Å²) in [6.07, 6.45) is 3.89. The molecule has 0 bridgehead atoms. The zero-order chi connectivity index (χ0) is 12.0. The molecule has 3 rings (SSSR count). The summed E-state index contributed by atoms with van der Waals surface area (Å²) in [5.41, 5.74) is 7.67. The van der Waals surface area contributed by atoms with Gasteiger partial charge in [0.05, 0.1) is 6.10 Å². The smallest absolute Gasteiger partial charge is 0.209 e. The first-order valence-corrected chi connectivity index (χ1v) is 5.57. The Morgan fingerprint density at radius 2 is 2.29 bits per heavy atom. The lowest BCUT2D eigenvalue weighted by Gasteiger charge is -2.38. The van der Waals surface area contributed by atoms with Crippen molar-refractivity contribution in [3.05, 3.63) is 12.4 Å². The number of nitrogen functional groups attached to an aromatic ring is 1. The maximum absolute atomic E-state index is 5.87. The van der Waals surface area contributed by atoms with Crippen LogP contribution in [0.5, 0.6) is 0 Å². The minimum atomic E-state index is 0.307. The lowest BCUT2D eigenvalue weighted by molar-refractivity contribution is 0.0778. The van der Waals surface area contributed by atoms with Crippen LogP contribution in [-0.4, -0.2) is 48.5 Å². The summed E-state index contributed by atoms with van der Waals surface area (Å²) in [6, 6.07) is 0. The Labute approximate surface area is 99.8 Å². The van der Waals surface area contributed by atoms with Crippen LogP contribution in [-0.2, 0) is 4.74 Å². The fourth-order valence-electron chi connectivity index (χ4n) is 2.20. The van der Waals surface area contributed by atoms with Gasteiger partial charge in [-0.15, -0.1) is 0 Å². The third-order valence-corrected chi connectivity index (χ3v) is 3.20. The zero-order valence-electron chi connectivity index (χ0n) is 9.92. The van der Waals surface area contributed by atoms with E-state index in [0.717, 1.165) is 30.1 Å². The Hall–Kier alpha value is -1.76. The Bertz CT molecular complexity index is 563. The number of nitrogens with two attached hydrogens (primary N) is 1. The third-order valence-electron chi connectivity index (χ3n) is 3.20. The standard InChI is InChI=1S/C10H14BN5O/c1-17-6-4-15(5-6)10-14-8(11)7-9(12)13-2-3-16(7)10/h2-3,6H,4-5,11H2,1H3,(H2,12,13). The van der Waals surface area contributed by atoms with Gasteiger partial charge in [-0.1, -0.05) is 0 Å².